The van der Waals surface area contributed by atoms with Crippen molar-refractivity contribution in [1.82, 2.24) is 5.32 Å². The molecule has 0 unspecified atom stereocenters. The van der Waals surface area contributed by atoms with Gasteiger partial charge in [-0.1, -0.05) is 23.2 Å². The highest BCUT2D eigenvalue weighted by Gasteiger charge is 2.12. The van der Waals surface area contributed by atoms with Crippen LogP contribution in [0.15, 0.2) is 42.5 Å². The summed E-state index contributed by atoms with van der Waals surface area (Å²) < 4.78 is 1.11. The van der Waals surface area contributed by atoms with Crippen molar-refractivity contribution in [2.45, 2.75) is 0 Å². The Bertz CT molecular complexity index is 692. The summed E-state index contributed by atoms with van der Waals surface area (Å²) in [4.78, 5) is 12.1. The van der Waals surface area contributed by atoms with Gasteiger partial charge in [-0.05, 0) is 77.3 Å². The molecule has 0 bridgehead atoms. The summed E-state index contributed by atoms with van der Waals surface area (Å²) in [6.07, 6.45) is 0. The van der Waals surface area contributed by atoms with Gasteiger partial charge in [-0.3, -0.25) is 10.1 Å². The van der Waals surface area contributed by atoms with Gasteiger partial charge in [0.25, 0.3) is 5.91 Å². The van der Waals surface area contributed by atoms with Gasteiger partial charge in [0, 0.05) is 14.3 Å². The summed E-state index contributed by atoms with van der Waals surface area (Å²) in [5.41, 5.74) is 1.11. The largest absolute Gasteiger partial charge is 0.332 e. The summed E-state index contributed by atoms with van der Waals surface area (Å²) in [6.45, 7) is 0. The molecule has 108 valence electrons. The molecule has 7 heteroatoms. The van der Waals surface area contributed by atoms with E-state index in [-0.39, 0.29) is 16.0 Å². The van der Waals surface area contributed by atoms with Crippen LogP contribution >= 0.6 is 58.0 Å². The number of amides is 1. The molecule has 0 radical (unpaired) electrons. The molecule has 0 aliphatic heterocycles. The first-order valence-corrected chi connectivity index (χ1v) is 8.03. The topological polar surface area (TPSA) is 41.1 Å². The molecule has 2 rings (SSSR count). The highest BCUT2D eigenvalue weighted by molar-refractivity contribution is 14.1. The number of anilines is 1. The predicted molar refractivity (Wildman–Crippen MR) is 99.3 cm³/mol. The second-order valence-corrected chi connectivity index (χ2v) is 6.54. The number of benzene rings is 2. The monoisotopic (exact) mass is 450 g/mol. The predicted octanol–water partition coefficient (Wildman–Crippen LogP) is 4.72. The molecule has 0 saturated heterocycles. The fourth-order valence-corrected chi connectivity index (χ4v) is 2.60. The van der Waals surface area contributed by atoms with Gasteiger partial charge in [-0.15, -0.1) is 0 Å². The van der Waals surface area contributed by atoms with E-state index < -0.39 is 0 Å². The summed E-state index contributed by atoms with van der Waals surface area (Å²) >= 11 is 19.1. The minimum atomic E-state index is -0.389. The molecule has 2 N–H and O–H groups in total. The molecule has 0 aliphatic rings. The molecule has 2 aromatic rings. The Hall–Kier alpha value is -0.890. The fourth-order valence-electron chi connectivity index (χ4n) is 1.54. The number of nitrogens with one attached hydrogen (secondary N) is 2. The first-order chi connectivity index (χ1) is 9.95. The number of hydrogen-bond acceptors (Lipinski definition) is 2. The SMILES string of the molecule is O=C(NC(=S)Nc1ccc(I)cc1)c1ccc(Cl)cc1Cl. The average Bonchev–Trinajstić information content (AvgIpc) is 2.41. The minimum Gasteiger partial charge on any atom is -0.332 e. The van der Waals surface area contributed by atoms with Crippen LogP contribution in [0.4, 0.5) is 5.69 Å². The van der Waals surface area contributed by atoms with Crippen molar-refractivity contribution in [3.63, 3.8) is 0 Å². The van der Waals surface area contributed by atoms with Crippen molar-refractivity contribution in [1.29, 1.82) is 0 Å². The van der Waals surface area contributed by atoms with E-state index in [1.54, 1.807) is 12.1 Å². The third-order valence-electron chi connectivity index (χ3n) is 2.50. The van der Waals surface area contributed by atoms with Crippen LogP contribution in [0.3, 0.4) is 0 Å². The first-order valence-electron chi connectivity index (χ1n) is 5.78. The van der Waals surface area contributed by atoms with Crippen molar-refractivity contribution in [3.05, 3.63) is 61.6 Å². The average molecular weight is 451 g/mol. The second kappa shape index (κ2) is 7.40. The van der Waals surface area contributed by atoms with Crippen LogP contribution in [0.5, 0.6) is 0 Å². The Kier molecular flexibility index (Phi) is 5.80. The molecular formula is C14H9Cl2IN2OS. The third kappa shape index (κ3) is 4.81. The number of halogens is 3. The van der Waals surface area contributed by atoms with E-state index in [0.29, 0.717) is 10.6 Å². The lowest BCUT2D eigenvalue weighted by atomic mass is 10.2. The molecule has 2 aromatic carbocycles. The Balaban J connectivity index is 2.02. The van der Waals surface area contributed by atoms with E-state index in [2.05, 4.69) is 33.2 Å². The van der Waals surface area contributed by atoms with Gasteiger partial charge >= 0.3 is 0 Å². The summed E-state index contributed by atoms with van der Waals surface area (Å²) in [5, 5.41) is 6.44. The van der Waals surface area contributed by atoms with Gasteiger partial charge < -0.3 is 5.32 Å². The van der Waals surface area contributed by atoms with E-state index in [0.717, 1.165) is 9.26 Å². The Labute approximate surface area is 151 Å². The first kappa shape index (κ1) is 16.5. The fraction of sp³-hybridized carbons (Fsp3) is 0. The number of carbonyl (C=O) groups is 1. The number of carbonyl (C=O) groups excluding carboxylic acids is 1. The molecule has 0 atom stereocenters. The van der Waals surface area contributed by atoms with Gasteiger partial charge in [0.1, 0.15) is 0 Å². The Morgan fingerprint density at radius 2 is 1.76 bits per heavy atom. The molecule has 0 aliphatic carbocycles. The Morgan fingerprint density at radius 3 is 2.38 bits per heavy atom. The lowest BCUT2D eigenvalue weighted by Gasteiger charge is -2.10. The normalized spacial score (nSPS) is 10.0. The molecule has 3 nitrogen and oxygen atoms in total. The van der Waals surface area contributed by atoms with E-state index in [1.807, 2.05) is 24.3 Å². The Morgan fingerprint density at radius 1 is 1.10 bits per heavy atom. The molecule has 0 fully saturated rings. The third-order valence-corrected chi connectivity index (χ3v) is 3.98. The number of thiocarbonyl (C=S) groups is 1. The van der Waals surface area contributed by atoms with Crippen LogP contribution in [-0.2, 0) is 0 Å². The maximum absolute atomic E-state index is 12.1. The van der Waals surface area contributed by atoms with Gasteiger partial charge in [-0.2, -0.15) is 0 Å². The molecular weight excluding hydrogens is 442 g/mol. The second-order valence-electron chi connectivity index (χ2n) is 4.04. The van der Waals surface area contributed by atoms with Crippen LogP contribution in [0, 0.1) is 3.57 Å². The molecule has 1 amide bonds. The summed E-state index contributed by atoms with van der Waals surface area (Å²) in [5.74, 6) is -0.389. The molecule has 0 aromatic heterocycles. The molecule has 0 saturated carbocycles. The van der Waals surface area contributed by atoms with Crippen LogP contribution in [0.2, 0.25) is 10.0 Å². The van der Waals surface area contributed by atoms with Crippen LogP contribution in [-0.4, -0.2) is 11.0 Å². The molecule has 0 heterocycles. The van der Waals surface area contributed by atoms with Crippen molar-refractivity contribution < 1.29 is 4.79 Å². The quantitative estimate of drug-likeness (QED) is 0.513. The molecule has 21 heavy (non-hydrogen) atoms. The van der Waals surface area contributed by atoms with Gasteiger partial charge in [0.2, 0.25) is 0 Å². The van der Waals surface area contributed by atoms with E-state index in [9.17, 15) is 4.79 Å². The molecule has 0 spiro atoms. The maximum atomic E-state index is 12.1. The van der Waals surface area contributed by atoms with E-state index in [1.165, 1.54) is 6.07 Å². The van der Waals surface area contributed by atoms with Crippen molar-refractivity contribution in [2.75, 3.05) is 5.32 Å². The van der Waals surface area contributed by atoms with Crippen molar-refractivity contribution in [2.24, 2.45) is 0 Å². The zero-order valence-corrected chi connectivity index (χ0v) is 15.0. The number of hydrogen-bond donors (Lipinski definition) is 2. The van der Waals surface area contributed by atoms with Crippen LogP contribution in [0.1, 0.15) is 10.4 Å². The highest BCUT2D eigenvalue weighted by Crippen LogP contribution is 2.20. The van der Waals surface area contributed by atoms with E-state index >= 15 is 0 Å². The minimum absolute atomic E-state index is 0.201. The number of rotatable bonds is 2. The highest BCUT2D eigenvalue weighted by atomic mass is 127. The van der Waals surface area contributed by atoms with Crippen molar-refractivity contribution >= 4 is 74.7 Å². The van der Waals surface area contributed by atoms with Gasteiger partial charge in [-0.25, -0.2) is 0 Å². The maximum Gasteiger partial charge on any atom is 0.258 e. The lowest BCUT2D eigenvalue weighted by molar-refractivity contribution is 0.0978. The summed E-state index contributed by atoms with van der Waals surface area (Å²) in [6, 6.07) is 12.3. The van der Waals surface area contributed by atoms with Crippen molar-refractivity contribution in [3.8, 4) is 0 Å². The standard InChI is InChI=1S/C14H9Cl2IN2OS/c15-8-1-6-11(12(16)7-8)13(20)19-14(21)18-10-4-2-9(17)3-5-10/h1-7H,(H2,18,19,20,21). The van der Waals surface area contributed by atoms with E-state index in [4.69, 9.17) is 35.4 Å². The van der Waals surface area contributed by atoms with Crippen LogP contribution in [0.25, 0.3) is 0 Å². The zero-order chi connectivity index (χ0) is 15.4. The lowest BCUT2D eigenvalue weighted by Crippen LogP contribution is -2.34. The zero-order valence-electron chi connectivity index (χ0n) is 10.5. The smallest absolute Gasteiger partial charge is 0.258 e. The summed E-state index contributed by atoms with van der Waals surface area (Å²) in [7, 11) is 0. The van der Waals surface area contributed by atoms with Gasteiger partial charge in [0.05, 0.1) is 10.6 Å². The van der Waals surface area contributed by atoms with Crippen LogP contribution < -0.4 is 10.6 Å². The van der Waals surface area contributed by atoms with Gasteiger partial charge in [0.15, 0.2) is 5.11 Å².